The van der Waals surface area contributed by atoms with E-state index in [2.05, 4.69) is 10.1 Å². The van der Waals surface area contributed by atoms with Crippen LogP contribution in [-0.2, 0) is 0 Å². The number of aromatic nitrogens is 3. The number of amides is 1. The third-order valence-corrected chi connectivity index (χ3v) is 4.73. The summed E-state index contributed by atoms with van der Waals surface area (Å²) in [6.45, 7) is 2.48. The van der Waals surface area contributed by atoms with Gasteiger partial charge >= 0.3 is 0 Å². The Morgan fingerprint density at radius 2 is 1.85 bits per heavy atom. The standard InChI is InChI=1S/C20H19FN4O/c1-14-22-19(23-25(14)17-11-9-16(21)10-12-17)20(26)24-13-5-8-18(24)15-6-3-2-4-7-15/h2-4,6-7,9-12,18H,5,8,13H2,1H3/t18-/m0/s1. The van der Waals surface area contributed by atoms with Crippen molar-refractivity contribution in [3.63, 3.8) is 0 Å². The third kappa shape index (κ3) is 2.98. The number of hydrogen-bond donors (Lipinski definition) is 0. The summed E-state index contributed by atoms with van der Waals surface area (Å²) < 4.78 is 14.7. The summed E-state index contributed by atoms with van der Waals surface area (Å²) in [7, 11) is 0. The molecule has 1 saturated heterocycles. The summed E-state index contributed by atoms with van der Waals surface area (Å²) in [5.74, 6) is 0.288. The number of likely N-dealkylation sites (tertiary alicyclic amines) is 1. The number of benzene rings is 2. The monoisotopic (exact) mass is 350 g/mol. The highest BCUT2D eigenvalue weighted by Gasteiger charge is 2.32. The number of hydrogen-bond acceptors (Lipinski definition) is 3. The van der Waals surface area contributed by atoms with Crippen LogP contribution in [0.1, 0.15) is 40.9 Å². The Kier molecular flexibility index (Phi) is 4.24. The van der Waals surface area contributed by atoms with Crippen LogP contribution in [0.3, 0.4) is 0 Å². The van der Waals surface area contributed by atoms with Gasteiger partial charge < -0.3 is 4.90 Å². The van der Waals surface area contributed by atoms with Crippen LogP contribution in [0.25, 0.3) is 5.69 Å². The maximum atomic E-state index is 13.1. The van der Waals surface area contributed by atoms with Gasteiger partial charge in [0.15, 0.2) is 0 Å². The van der Waals surface area contributed by atoms with Crippen molar-refractivity contribution in [1.82, 2.24) is 19.7 Å². The molecule has 132 valence electrons. The molecule has 0 saturated carbocycles. The lowest BCUT2D eigenvalue weighted by Gasteiger charge is -2.23. The molecule has 2 aromatic carbocycles. The molecule has 6 heteroatoms. The summed E-state index contributed by atoms with van der Waals surface area (Å²) in [5.41, 5.74) is 1.81. The lowest BCUT2D eigenvalue weighted by molar-refractivity contribution is 0.0723. The Hall–Kier alpha value is -3.02. The first-order chi connectivity index (χ1) is 12.6. The fourth-order valence-corrected chi connectivity index (χ4v) is 3.47. The maximum Gasteiger partial charge on any atom is 0.294 e. The van der Waals surface area contributed by atoms with Crippen molar-refractivity contribution < 1.29 is 9.18 Å². The van der Waals surface area contributed by atoms with E-state index in [-0.39, 0.29) is 23.6 Å². The topological polar surface area (TPSA) is 51.0 Å². The second-order valence-corrected chi connectivity index (χ2v) is 6.44. The van der Waals surface area contributed by atoms with Gasteiger partial charge in [-0.1, -0.05) is 30.3 Å². The van der Waals surface area contributed by atoms with Crippen LogP contribution in [0.15, 0.2) is 54.6 Å². The van der Waals surface area contributed by atoms with E-state index in [0.29, 0.717) is 18.1 Å². The summed E-state index contributed by atoms with van der Waals surface area (Å²) >= 11 is 0. The Morgan fingerprint density at radius 1 is 1.12 bits per heavy atom. The molecular formula is C20H19FN4O. The molecule has 2 heterocycles. The van der Waals surface area contributed by atoms with E-state index in [1.54, 1.807) is 23.7 Å². The fourth-order valence-electron chi connectivity index (χ4n) is 3.47. The molecule has 0 unspecified atom stereocenters. The molecular weight excluding hydrogens is 331 g/mol. The minimum absolute atomic E-state index is 0.0572. The Bertz CT molecular complexity index is 921. The van der Waals surface area contributed by atoms with Crippen molar-refractivity contribution in [2.24, 2.45) is 0 Å². The van der Waals surface area contributed by atoms with E-state index in [4.69, 9.17) is 0 Å². The van der Waals surface area contributed by atoms with Crippen molar-refractivity contribution >= 4 is 5.91 Å². The van der Waals surface area contributed by atoms with E-state index in [1.165, 1.54) is 12.1 Å². The molecule has 0 aliphatic carbocycles. The molecule has 1 fully saturated rings. The Morgan fingerprint density at radius 3 is 2.58 bits per heavy atom. The van der Waals surface area contributed by atoms with Crippen LogP contribution < -0.4 is 0 Å². The number of carbonyl (C=O) groups excluding carboxylic acids is 1. The molecule has 0 radical (unpaired) electrons. The van der Waals surface area contributed by atoms with Crippen molar-refractivity contribution in [3.8, 4) is 5.69 Å². The fraction of sp³-hybridized carbons (Fsp3) is 0.250. The van der Waals surface area contributed by atoms with Gasteiger partial charge in [-0.15, -0.1) is 5.10 Å². The quantitative estimate of drug-likeness (QED) is 0.724. The predicted molar refractivity (Wildman–Crippen MR) is 95.5 cm³/mol. The van der Waals surface area contributed by atoms with Gasteiger partial charge in [-0.3, -0.25) is 4.79 Å². The van der Waals surface area contributed by atoms with E-state index in [1.807, 2.05) is 35.2 Å². The van der Waals surface area contributed by atoms with E-state index >= 15 is 0 Å². The van der Waals surface area contributed by atoms with Gasteiger partial charge in [0.2, 0.25) is 5.82 Å². The van der Waals surface area contributed by atoms with Crippen molar-refractivity contribution in [2.45, 2.75) is 25.8 Å². The average Bonchev–Trinajstić information content (AvgIpc) is 3.30. The van der Waals surface area contributed by atoms with Gasteiger partial charge in [-0.25, -0.2) is 14.1 Å². The van der Waals surface area contributed by atoms with Gasteiger partial charge in [0.05, 0.1) is 11.7 Å². The lowest BCUT2D eigenvalue weighted by Crippen LogP contribution is -2.31. The zero-order valence-electron chi connectivity index (χ0n) is 14.5. The number of nitrogens with zero attached hydrogens (tertiary/aromatic N) is 4. The van der Waals surface area contributed by atoms with Crippen LogP contribution >= 0.6 is 0 Å². The highest BCUT2D eigenvalue weighted by Crippen LogP contribution is 2.32. The molecule has 5 nitrogen and oxygen atoms in total. The van der Waals surface area contributed by atoms with Gasteiger partial charge in [0.25, 0.3) is 5.91 Å². The molecule has 0 spiro atoms. The highest BCUT2D eigenvalue weighted by atomic mass is 19.1. The van der Waals surface area contributed by atoms with Gasteiger partial charge in [0, 0.05) is 6.54 Å². The molecule has 1 aliphatic rings. The number of rotatable bonds is 3. The second-order valence-electron chi connectivity index (χ2n) is 6.44. The summed E-state index contributed by atoms with van der Waals surface area (Å²) in [4.78, 5) is 19.2. The van der Waals surface area contributed by atoms with Gasteiger partial charge in [0.1, 0.15) is 11.6 Å². The van der Waals surface area contributed by atoms with Crippen LogP contribution in [0, 0.1) is 12.7 Å². The molecule has 26 heavy (non-hydrogen) atoms. The van der Waals surface area contributed by atoms with Gasteiger partial charge in [-0.05, 0) is 49.6 Å². The summed E-state index contributed by atoms with van der Waals surface area (Å²) in [6.07, 6.45) is 1.90. The molecule has 1 amide bonds. The maximum absolute atomic E-state index is 13.1. The highest BCUT2D eigenvalue weighted by molar-refractivity contribution is 5.91. The number of halogens is 1. The van der Waals surface area contributed by atoms with E-state index < -0.39 is 0 Å². The van der Waals surface area contributed by atoms with Crippen molar-refractivity contribution in [2.75, 3.05) is 6.54 Å². The summed E-state index contributed by atoms with van der Waals surface area (Å²) in [6, 6.07) is 16.1. The second kappa shape index (κ2) is 6.71. The lowest BCUT2D eigenvalue weighted by atomic mass is 10.0. The largest absolute Gasteiger partial charge is 0.329 e. The van der Waals surface area contributed by atoms with Crippen LogP contribution in [0.5, 0.6) is 0 Å². The van der Waals surface area contributed by atoms with Crippen LogP contribution in [0.4, 0.5) is 4.39 Å². The molecule has 0 N–H and O–H groups in total. The first-order valence-corrected chi connectivity index (χ1v) is 8.69. The van der Waals surface area contributed by atoms with E-state index in [9.17, 15) is 9.18 Å². The first-order valence-electron chi connectivity index (χ1n) is 8.69. The minimum Gasteiger partial charge on any atom is -0.329 e. The molecule has 4 rings (SSSR count). The number of aryl methyl sites for hydroxylation is 1. The SMILES string of the molecule is Cc1nc(C(=O)N2CCC[C@H]2c2ccccc2)nn1-c1ccc(F)cc1. The first kappa shape index (κ1) is 16.4. The molecule has 3 aromatic rings. The Labute approximate surface area is 151 Å². The van der Waals surface area contributed by atoms with E-state index in [0.717, 1.165) is 18.4 Å². The normalized spacial score (nSPS) is 16.8. The zero-order valence-corrected chi connectivity index (χ0v) is 14.5. The van der Waals surface area contributed by atoms with Crippen LogP contribution in [0.2, 0.25) is 0 Å². The summed E-state index contributed by atoms with van der Waals surface area (Å²) in [5, 5.41) is 4.37. The molecule has 0 bridgehead atoms. The van der Waals surface area contributed by atoms with Crippen LogP contribution in [-0.4, -0.2) is 32.1 Å². The number of carbonyl (C=O) groups is 1. The molecule has 1 atom stereocenters. The third-order valence-electron chi connectivity index (χ3n) is 4.73. The molecule has 1 aliphatic heterocycles. The van der Waals surface area contributed by atoms with Crippen molar-refractivity contribution in [1.29, 1.82) is 0 Å². The van der Waals surface area contributed by atoms with Crippen molar-refractivity contribution in [3.05, 3.63) is 77.6 Å². The zero-order chi connectivity index (χ0) is 18.1. The minimum atomic E-state index is -0.314. The predicted octanol–water partition coefficient (Wildman–Crippen LogP) is 3.69. The average molecular weight is 350 g/mol. The smallest absolute Gasteiger partial charge is 0.294 e. The molecule has 1 aromatic heterocycles. The Balaban J connectivity index is 1.62. The van der Waals surface area contributed by atoms with Gasteiger partial charge in [-0.2, -0.15) is 0 Å².